The van der Waals surface area contributed by atoms with Gasteiger partial charge in [0.2, 0.25) is 5.91 Å². The van der Waals surface area contributed by atoms with E-state index in [0.29, 0.717) is 17.4 Å². The second kappa shape index (κ2) is 5.36. The third kappa shape index (κ3) is 2.99. The zero-order valence-electron chi connectivity index (χ0n) is 10.7. The van der Waals surface area contributed by atoms with E-state index in [1.54, 1.807) is 25.2 Å². The van der Waals surface area contributed by atoms with Crippen LogP contribution in [-0.4, -0.2) is 22.0 Å². The molecule has 5 nitrogen and oxygen atoms in total. The van der Waals surface area contributed by atoms with E-state index in [0.717, 1.165) is 5.56 Å². The van der Waals surface area contributed by atoms with E-state index >= 15 is 0 Å². The number of benzene rings is 1. The van der Waals surface area contributed by atoms with Gasteiger partial charge in [-0.05, 0) is 18.2 Å². The van der Waals surface area contributed by atoms with Gasteiger partial charge in [0.1, 0.15) is 0 Å². The SMILES string of the molecule is CC(=O)NCC#Cc1ccc2ncn(C)c(=O)c2c1. The lowest BCUT2D eigenvalue weighted by Gasteiger charge is -2.00. The van der Waals surface area contributed by atoms with E-state index in [-0.39, 0.29) is 11.5 Å². The molecular weight excluding hydrogens is 242 g/mol. The van der Waals surface area contributed by atoms with Crippen molar-refractivity contribution in [1.82, 2.24) is 14.9 Å². The normalized spacial score (nSPS) is 9.79. The summed E-state index contributed by atoms with van der Waals surface area (Å²) in [4.78, 5) is 26.8. The predicted octanol–water partition coefficient (Wildman–Crippen LogP) is 0.421. The molecule has 2 aromatic rings. The molecule has 1 aromatic carbocycles. The molecule has 0 fully saturated rings. The first kappa shape index (κ1) is 12.8. The van der Waals surface area contributed by atoms with Crippen molar-refractivity contribution in [2.75, 3.05) is 6.54 Å². The van der Waals surface area contributed by atoms with Crippen LogP contribution in [0, 0.1) is 11.8 Å². The average molecular weight is 255 g/mol. The molecule has 0 aliphatic carbocycles. The Morgan fingerprint density at radius 2 is 2.26 bits per heavy atom. The first-order chi connectivity index (χ1) is 9.08. The van der Waals surface area contributed by atoms with Gasteiger partial charge < -0.3 is 9.88 Å². The largest absolute Gasteiger partial charge is 0.345 e. The van der Waals surface area contributed by atoms with Crippen LogP contribution in [0.3, 0.4) is 0 Å². The number of fused-ring (bicyclic) bond motifs is 1. The van der Waals surface area contributed by atoms with Crippen molar-refractivity contribution >= 4 is 16.8 Å². The van der Waals surface area contributed by atoms with E-state index in [1.165, 1.54) is 17.8 Å². The molecule has 1 N–H and O–H groups in total. The standard InChI is InChI=1S/C14H13N3O2/c1-10(18)15-7-3-4-11-5-6-13-12(8-11)14(19)17(2)9-16-13/h5-6,8-9H,7H2,1-2H3,(H,15,18). The van der Waals surface area contributed by atoms with Crippen LogP contribution in [0.1, 0.15) is 12.5 Å². The molecule has 0 saturated heterocycles. The second-order valence-corrected chi connectivity index (χ2v) is 4.10. The Hall–Kier alpha value is -2.61. The number of nitrogens with zero attached hydrogens (tertiary/aromatic N) is 2. The molecule has 1 heterocycles. The fourth-order valence-electron chi connectivity index (χ4n) is 1.60. The number of aromatic nitrogens is 2. The molecule has 0 aliphatic rings. The third-order valence-electron chi connectivity index (χ3n) is 2.58. The minimum atomic E-state index is -0.120. The minimum Gasteiger partial charge on any atom is -0.345 e. The van der Waals surface area contributed by atoms with Crippen molar-refractivity contribution in [3.8, 4) is 11.8 Å². The van der Waals surface area contributed by atoms with Crippen molar-refractivity contribution in [1.29, 1.82) is 0 Å². The molecule has 19 heavy (non-hydrogen) atoms. The van der Waals surface area contributed by atoms with E-state index in [1.807, 2.05) is 0 Å². The zero-order chi connectivity index (χ0) is 13.8. The van der Waals surface area contributed by atoms with Crippen LogP contribution in [0.25, 0.3) is 10.9 Å². The van der Waals surface area contributed by atoms with Crippen molar-refractivity contribution in [2.24, 2.45) is 7.05 Å². The molecule has 0 spiro atoms. The molecule has 0 aliphatic heterocycles. The molecule has 0 saturated carbocycles. The van der Waals surface area contributed by atoms with Crippen LogP contribution in [0.15, 0.2) is 29.3 Å². The fraction of sp³-hybridized carbons (Fsp3) is 0.214. The molecular formula is C14H13N3O2. The maximum atomic E-state index is 11.9. The van der Waals surface area contributed by atoms with Gasteiger partial charge in [0.25, 0.3) is 5.56 Å². The maximum absolute atomic E-state index is 11.9. The third-order valence-corrected chi connectivity index (χ3v) is 2.58. The molecule has 0 atom stereocenters. The Bertz CT molecular complexity index is 751. The summed E-state index contributed by atoms with van der Waals surface area (Å²) in [7, 11) is 1.66. The number of aryl methyl sites for hydroxylation is 1. The monoisotopic (exact) mass is 255 g/mol. The second-order valence-electron chi connectivity index (χ2n) is 4.10. The van der Waals surface area contributed by atoms with Crippen molar-refractivity contribution in [2.45, 2.75) is 6.92 Å². The quantitative estimate of drug-likeness (QED) is 0.751. The lowest BCUT2D eigenvalue weighted by Crippen LogP contribution is -2.19. The van der Waals surface area contributed by atoms with Crippen LogP contribution >= 0.6 is 0 Å². The van der Waals surface area contributed by atoms with Gasteiger partial charge >= 0.3 is 0 Å². The number of amides is 1. The molecule has 2 rings (SSSR count). The summed E-state index contributed by atoms with van der Waals surface area (Å²) in [6.45, 7) is 1.73. The maximum Gasteiger partial charge on any atom is 0.260 e. The van der Waals surface area contributed by atoms with Gasteiger partial charge in [0.05, 0.1) is 23.8 Å². The number of rotatable bonds is 1. The topological polar surface area (TPSA) is 64.0 Å². The summed E-state index contributed by atoms with van der Waals surface area (Å²) < 4.78 is 1.43. The van der Waals surface area contributed by atoms with Gasteiger partial charge in [-0.15, -0.1) is 0 Å². The van der Waals surface area contributed by atoms with E-state index < -0.39 is 0 Å². The summed E-state index contributed by atoms with van der Waals surface area (Å²) in [5.41, 5.74) is 1.27. The van der Waals surface area contributed by atoms with Crippen molar-refractivity contribution < 1.29 is 4.79 Å². The van der Waals surface area contributed by atoms with Crippen molar-refractivity contribution in [3.63, 3.8) is 0 Å². The first-order valence-electron chi connectivity index (χ1n) is 5.76. The molecule has 5 heteroatoms. The Balaban J connectivity index is 2.33. The number of hydrogen-bond donors (Lipinski definition) is 1. The highest BCUT2D eigenvalue weighted by molar-refractivity contribution is 5.79. The highest BCUT2D eigenvalue weighted by atomic mass is 16.1. The van der Waals surface area contributed by atoms with Gasteiger partial charge in [-0.25, -0.2) is 4.98 Å². The fourth-order valence-corrected chi connectivity index (χ4v) is 1.60. The van der Waals surface area contributed by atoms with Crippen LogP contribution < -0.4 is 10.9 Å². The Kier molecular flexibility index (Phi) is 3.62. The van der Waals surface area contributed by atoms with Gasteiger partial charge in [0.15, 0.2) is 0 Å². The highest BCUT2D eigenvalue weighted by Crippen LogP contribution is 2.08. The average Bonchev–Trinajstić information content (AvgIpc) is 2.39. The summed E-state index contributed by atoms with van der Waals surface area (Å²) in [6.07, 6.45) is 1.49. The van der Waals surface area contributed by atoms with Gasteiger partial charge in [0, 0.05) is 19.5 Å². The Morgan fingerprint density at radius 3 is 3.00 bits per heavy atom. The van der Waals surface area contributed by atoms with Crippen molar-refractivity contribution in [3.05, 3.63) is 40.4 Å². The summed E-state index contributed by atoms with van der Waals surface area (Å²) in [5, 5.41) is 3.12. The molecule has 1 amide bonds. The zero-order valence-corrected chi connectivity index (χ0v) is 10.7. The van der Waals surface area contributed by atoms with Gasteiger partial charge in [-0.2, -0.15) is 0 Å². The van der Waals surface area contributed by atoms with Crippen LogP contribution in [-0.2, 0) is 11.8 Å². The molecule has 0 radical (unpaired) electrons. The Labute approximate surface area is 110 Å². The van der Waals surface area contributed by atoms with Gasteiger partial charge in [-0.3, -0.25) is 9.59 Å². The smallest absolute Gasteiger partial charge is 0.260 e. The lowest BCUT2D eigenvalue weighted by atomic mass is 10.1. The Morgan fingerprint density at radius 1 is 1.47 bits per heavy atom. The summed E-state index contributed by atoms with van der Waals surface area (Å²) in [5.74, 6) is 5.60. The highest BCUT2D eigenvalue weighted by Gasteiger charge is 2.01. The number of carbonyl (C=O) groups is 1. The number of hydrogen-bond acceptors (Lipinski definition) is 3. The molecule has 1 aromatic heterocycles. The minimum absolute atomic E-state index is 0.101. The van der Waals surface area contributed by atoms with Gasteiger partial charge in [-0.1, -0.05) is 11.8 Å². The first-order valence-corrected chi connectivity index (χ1v) is 5.76. The van der Waals surface area contributed by atoms with E-state index in [9.17, 15) is 9.59 Å². The van der Waals surface area contributed by atoms with Crippen LogP contribution in [0.2, 0.25) is 0 Å². The molecule has 0 unspecified atom stereocenters. The van der Waals surface area contributed by atoms with E-state index in [2.05, 4.69) is 22.1 Å². The summed E-state index contributed by atoms with van der Waals surface area (Å²) in [6, 6.07) is 5.28. The lowest BCUT2D eigenvalue weighted by molar-refractivity contribution is -0.118. The predicted molar refractivity (Wildman–Crippen MR) is 72.5 cm³/mol. The molecule has 96 valence electrons. The summed E-state index contributed by atoms with van der Waals surface area (Å²) >= 11 is 0. The van der Waals surface area contributed by atoms with E-state index in [4.69, 9.17) is 0 Å². The van der Waals surface area contributed by atoms with Crippen LogP contribution in [0.4, 0.5) is 0 Å². The molecule has 0 bridgehead atoms. The van der Waals surface area contributed by atoms with Crippen LogP contribution in [0.5, 0.6) is 0 Å². The number of nitrogens with one attached hydrogen (secondary N) is 1. The number of carbonyl (C=O) groups excluding carboxylic acids is 1.